The molecule has 0 atom stereocenters. The Morgan fingerprint density at radius 1 is 0.900 bits per heavy atom. The average Bonchev–Trinajstić information content (AvgIpc) is 1.89. The van der Waals surface area contributed by atoms with Crippen molar-refractivity contribution in [3.63, 3.8) is 0 Å². The molecule has 2 heteroatoms. The molecule has 0 bridgehead atoms. The Bertz CT molecular complexity index is 91.8. The number of hydrogen-bond donors (Lipinski definition) is 0. The van der Waals surface area contributed by atoms with Gasteiger partial charge in [-0.15, -0.1) is 0 Å². The zero-order valence-electron chi connectivity index (χ0n) is 7.23. The molecule has 0 aromatic rings. The third kappa shape index (κ3) is 27.6. The van der Waals surface area contributed by atoms with E-state index in [0.29, 0.717) is 0 Å². The van der Waals surface area contributed by atoms with E-state index in [4.69, 9.17) is 0 Å². The Labute approximate surface area is 63.1 Å². The molecular formula is C8H16O2. The summed E-state index contributed by atoms with van der Waals surface area (Å²) in [5.41, 5.74) is 0. The van der Waals surface area contributed by atoms with Crippen molar-refractivity contribution in [3.8, 4) is 0 Å². The lowest BCUT2D eigenvalue weighted by Crippen LogP contribution is -1.70. The van der Waals surface area contributed by atoms with Crippen LogP contribution in [0, 0.1) is 0 Å². The number of allylic oxidation sites excluding steroid dienone is 2. The van der Waals surface area contributed by atoms with Gasteiger partial charge < -0.3 is 9.47 Å². The second-order valence-corrected chi connectivity index (χ2v) is 1.81. The van der Waals surface area contributed by atoms with Crippen molar-refractivity contribution in [1.82, 2.24) is 0 Å². The van der Waals surface area contributed by atoms with Gasteiger partial charge in [-0.25, -0.2) is 0 Å². The monoisotopic (exact) mass is 144 g/mol. The summed E-state index contributed by atoms with van der Waals surface area (Å²) in [5.74, 6) is 1.51. The zero-order valence-corrected chi connectivity index (χ0v) is 7.23. The second kappa shape index (κ2) is 8.08. The van der Waals surface area contributed by atoms with Gasteiger partial charge in [-0.2, -0.15) is 0 Å². The summed E-state index contributed by atoms with van der Waals surface area (Å²) in [6.45, 7) is 10.5. The van der Waals surface area contributed by atoms with Gasteiger partial charge in [0, 0.05) is 0 Å². The van der Waals surface area contributed by atoms with Crippen LogP contribution >= 0.6 is 0 Å². The van der Waals surface area contributed by atoms with E-state index < -0.39 is 0 Å². The van der Waals surface area contributed by atoms with Gasteiger partial charge in [0.25, 0.3) is 0 Å². The molecule has 0 aromatic heterocycles. The topological polar surface area (TPSA) is 18.5 Å². The molecule has 0 spiro atoms. The number of ether oxygens (including phenoxy) is 2. The molecule has 10 heavy (non-hydrogen) atoms. The van der Waals surface area contributed by atoms with Crippen LogP contribution < -0.4 is 0 Å². The van der Waals surface area contributed by atoms with E-state index in [1.54, 1.807) is 28.1 Å². The van der Waals surface area contributed by atoms with E-state index in [0.717, 1.165) is 11.5 Å². The van der Waals surface area contributed by atoms with Crippen molar-refractivity contribution in [2.75, 3.05) is 14.2 Å². The Morgan fingerprint density at radius 2 is 1.00 bits per heavy atom. The van der Waals surface area contributed by atoms with E-state index >= 15 is 0 Å². The Balaban J connectivity index is 0. The second-order valence-electron chi connectivity index (χ2n) is 1.81. The van der Waals surface area contributed by atoms with E-state index in [1.165, 1.54) is 0 Å². The summed E-state index contributed by atoms with van der Waals surface area (Å²) in [7, 11) is 3.20. The fourth-order valence-electron chi connectivity index (χ4n) is 0. The summed E-state index contributed by atoms with van der Waals surface area (Å²) >= 11 is 0. The van der Waals surface area contributed by atoms with Gasteiger partial charge in [-0.05, 0) is 13.8 Å². The predicted octanol–water partition coefficient (Wildman–Crippen LogP) is 2.33. The standard InChI is InChI=1S/2C4H8O/c2*1-4(2)5-3/h2*1H2,2-3H3. The summed E-state index contributed by atoms with van der Waals surface area (Å²) in [4.78, 5) is 0. The Hall–Kier alpha value is -0.920. The summed E-state index contributed by atoms with van der Waals surface area (Å²) in [5, 5.41) is 0. The highest BCUT2D eigenvalue weighted by Crippen LogP contribution is 1.80. The third-order valence-corrected chi connectivity index (χ3v) is 0.697. The van der Waals surface area contributed by atoms with Crippen molar-refractivity contribution in [3.05, 3.63) is 24.7 Å². The maximum Gasteiger partial charge on any atom is 0.0853 e. The maximum atomic E-state index is 4.56. The third-order valence-electron chi connectivity index (χ3n) is 0.697. The molecule has 0 aliphatic carbocycles. The van der Waals surface area contributed by atoms with Gasteiger partial charge in [0.15, 0.2) is 0 Å². The quantitative estimate of drug-likeness (QED) is 0.554. The SMILES string of the molecule is C=C(C)OC.C=C(C)OC. The van der Waals surface area contributed by atoms with E-state index in [-0.39, 0.29) is 0 Å². The van der Waals surface area contributed by atoms with Crippen LogP contribution in [0.5, 0.6) is 0 Å². The molecule has 0 saturated carbocycles. The fraction of sp³-hybridized carbons (Fsp3) is 0.500. The van der Waals surface area contributed by atoms with Crippen molar-refractivity contribution >= 4 is 0 Å². The molecular weight excluding hydrogens is 128 g/mol. The molecule has 0 aromatic carbocycles. The minimum Gasteiger partial charge on any atom is -0.502 e. The van der Waals surface area contributed by atoms with Crippen LogP contribution in [0.3, 0.4) is 0 Å². The van der Waals surface area contributed by atoms with Gasteiger partial charge in [0.05, 0.1) is 25.7 Å². The highest BCUT2D eigenvalue weighted by Gasteiger charge is 1.65. The first-order valence-corrected chi connectivity index (χ1v) is 2.93. The maximum absolute atomic E-state index is 4.56. The molecule has 0 heterocycles. The van der Waals surface area contributed by atoms with Crippen molar-refractivity contribution in [2.45, 2.75) is 13.8 Å². The first-order valence-electron chi connectivity index (χ1n) is 2.93. The van der Waals surface area contributed by atoms with Gasteiger partial charge in [-0.3, -0.25) is 0 Å². The number of rotatable bonds is 2. The molecule has 0 N–H and O–H groups in total. The van der Waals surface area contributed by atoms with E-state index in [1.807, 2.05) is 0 Å². The normalized spacial score (nSPS) is 6.80. The number of methoxy groups -OCH3 is 2. The molecule has 2 nitrogen and oxygen atoms in total. The van der Waals surface area contributed by atoms with Gasteiger partial charge in [-0.1, -0.05) is 13.2 Å². The molecule has 0 fully saturated rings. The van der Waals surface area contributed by atoms with Crippen LogP contribution in [0.2, 0.25) is 0 Å². The lowest BCUT2D eigenvalue weighted by atomic mass is 10.7. The smallest absolute Gasteiger partial charge is 0.0853 e. The zero-order chi connectivity index (χ0) is 8.57. The molecule has 0 rings (SSSR count). The molecule has 0 radical (unpaired) electrons. The first kappa shape index (κ1) is 11.8. The first-order chi connectivity index (χ1) is 4.54. The van der Waals surface area contributed by atoms with Crippen LogP contribution in [0.15, 0.2) is 24.7 Å². The highest BCUT2D eigenvalue weighted by molar-refractivity contribution is 4.71. The van der Waals surface area contributed by atoms with Gasteiger partial charge in [0.1, 0.15) is 0 Å². The summed E-state index contributed by atoms with van der Waals surface area (Å²) < 4.78 is 9.11. The molecule has 0 unspecified atom stereocenters. The van der Waals surface area contributed by atoms with Crippen molar-refractivity contribution in [1.29, 1.82) is 0 Å². The summed E-state index contributed by atoms with van der Waals surface area (Å²) in [6, 6.07) is 0. The molecule has 0 aliphatic rings. The van der Waals surface area contributed by atoms with Crippen LogP contribution in [0.4, 0.5) is 0 Å². The molecule has 0 amide bonds. The summed E-state index contributed by atoms with van der Waals surface area (Å²) in [6.07, 6.45) is 0. The minimum atomic E-state index is 0.755. The van der Waals surface area contributed by atoms with Crippen molar-refractivity contribution in [2.24, 2.45) is 0 Å². The van der Waals surface area contributed by atoms with E-state index in [2.05, 4.69) is 22.6 Å². The van der Waals surface area contributed by atoms with Crippen LogP contribution in [-0.4, -0.2) is 14.2 Å². The van der Waals surface area contributed by atoms with Crippen LogP contribution in [0.1, 0.15) is 13.8 Å². The van der Waals surface area contributed by atoms with Crippen LogP contribution in [-0.2, 0) is 9.47 Å². The Kier molecular flexibility index (Phi) is 9.56. The fourth-order valence-corrected chi connectivity index (χ4v) is 0. The van der Waals surface area contributed by atoms with Gasteiger partial charge >= 0.3 is 0 Å². The molecule has 60 valence electrons. The molecule has 0 saturated heterocycles. The average molecular weight is 144 g/mol. The minimum absolute atomic E-state index is 0.755. The predicted molar refractivity (Wildman–Crippen MR) is 43.6 cm³/mol. The van der Waals surface area contributed by atoms with E-state index in [9.17, 15) is 0 Å². The lowest BCUT2D eigenvalue weighted by Gasteiger charge is -1.88. The number of hydrogen-bond acceptors (Lipinski definition) is 2. The van der Waals surface area contributed by atoms with Crippen molar-refractivity contribution < 1.29 is 9.47 Å². The van der Waals surface area contributed by atoms with Gasteiger partial charge in [0.2, 0.25) is 0 Å². The highest BCUT2D eigenvalue weighted by atomic mass is 16.5. The largest absolute Gasteiger partial charge is 0.502 e. The van der Waals surface area contributed by atoms with Crippen LogP contribution in [0.25, 0.3) is 0 Å². The molecule has 0 aliphatic heterocycles. The Morgan fingerprint density at radius 3 is 1.00 bits per heavy atom. The lowest BCUT2D eigenvalue weighted by molar-refractivity contribution is 0.295.